The van der Waals surface area contributed by atoms with Crippen LogP contribution in [0.1, 0.15) is 32.1 Å². The summed E-state index contributed by atoms with van der Waals surface area (Å²) in [5.74, 6) is 1.63. The highest BCUT2D eigenvalue weighted by atomic mass is 32.2. The molecule has 2 aliphatic rings. The predicted molar refractivity (Wildman–Crippen MR) is 74.5 cm³/mol. The van der Waals surface area contributed by atoms with Gasteiger partial charge in [-0.25, -0.2) is 8.42 Å². The average Bonchev–Trinajstić information content (AvgIpc) is 2.36. The summed E-state index contributed by atoms with van der Waals surface area (Å²) in [5, 5.41) is 3.21. The van der Waals surface area contributed by atoms with Crippen molar-refractivity contribution in [3.8, 4) is 0 Å². The van der Waals surface area contributed by atoms with Gasteiger partial charge in [-0.2, -0.15) is 0 Å². The minimum Gasteiger partial charge on any atom is -0.320 e. The van der Waals surface area contributed by atoms with Gasteiger partial charge in [0.1, 0.15) is 0 Å². The van der Waals surface area contributed by atoms with E-state index in [9.17, 15) is 8.42 Å². The molecule has 0 bridgehead atoms. The number of hydrogen-bond donors (Lipinski definition) is 1. The number of nitrogens with zero attached hydrogens (tertiary/aromatic N) is 1. The predicted octanol–water partition coefficient (Wildman–Crippen LogP) is 0.885. The van der Waals surface area contributed by atoms with Gasteiger partial charge in [-0.05, 0) is 64.7 Å². The Morgan fingerprint density at radius 1 is 1.22 bits per heavy atom. The molecule has 4 nitrogen and oxygen atoms in total. The second-order valence-corrected chi connectivity index (χ2v) is 8.01. The maximum Gasteiger partial charge on any atom is 0.151 e. The molecule has 2 saturated heterocycles. The summed E-state index contributed by atoms with van der Waals surface area (Å²) < 4.78 is 23.3. The lowest BCUT2D eigenvalue weighted by Crippen LogP contribution is -2.47. The molecule has 2 heterocycles. The second kappa shape index (κ2) is 6.35. The molecule has 106 valence electrons. The Bertz CT molecular complexity index is 348. The van der Waals surface area contributed by atoms with Crippen LogP contribution in [0.15, 0.2) is 0 Å². The second-order valence-electron chi connectivity index (χ2n) is 5.78. The molecule has 0 aromatic heterocycles. The normalized spacial score (nSPS) is 30.4. The van der Waals surface area contributed by atoms with Crippen LogP contribution < -0.4 is 5.32 Å². The van der Waals surface area contributed by atoms with E-state index in [0.717, 1.165) is 38.4 Å². The molecular formula is C13H26N2O2S. The van der Waals surface area contributed by atoms with E-state index in [1.165, 1.54) is 19.3 Å². The van der Waals surface area contributed by atoms with E-state index in [2.05, 4.69) is 10.2 Å². The van der Waals surface area contributed by atoms with E-state index in [1.54, 1.807) is 0 Å². The van der Waals surface area contributed by atoms with Gasteiger partial charge in [0.25, 0.3) is 0 Å². The van der Waals surface area contributed by atoms with Gasteiger partial charge in [-0.15, -0.1) is 0 Å². The molecule has 1 unspecified atom stereocenters. The van der Waals surface area contributed by atoms with Crippen molar-refractivity contribution in [2.75, 3.05) is 38.2 Å². The van der Waals surface area contributed by atoms with Gasteiger partial charge in [0.2, 0.25) is 0 Å². The van der Waals surface area contributed by atoms with Crippen LogP contribution in [0.25, 0.3) is 0 Å². The van der Waals surface area contributed by atoms with Gasteiger partial charge in [0, 0.05) is 6.04 Å². The fraction of sp³-hybridized carbons (Fsp3) is 1.00. The average molecular weight is 274 g/mol. The van der Waals surface area contributed by atoms with Crippen molar-refractivity contribution in [2.24, 2.45) is 5.92 Å². The zero-order valence-electron chi connectivity index (χ0n) is 11.4. The van der Waals surface area contributed by atoms with E-state index in [1.807, 2.05) is 7.05 Å². The molecule has 5 heteroatoms. The topological polar surface area (TPSA) is 49.4 Å². The van der Waals surface area contributed by atoms with Crippen LogP contribution in [-0.4, -0.2) is 57.5 Å². The van der Waals surface area contributed by atoms with Gasteiger partial charge in [-0.1, -0.05) is 0 Å². The number of rotatable bonds is 4. The third-order valence-corrected chi connectivity index (χ3v) is 6.21. The summed E-state index contributed by atoms with van der Waals surface area (Å²) >= 11 is 0. The van der Waals surface area contributed by atoms with Gasteiger partial charge < -0.3 is 5.32 Å². The third kappa shape index (κ3) is 3.93. The van der Waals surface area contributed by atoms with Crippen LogP contribution in [0.2, 0.25) is 0 Å². The standard InChI is InChI=1S/C13H26N2O2S/c1-14-7-4-12-5-8-15(9-6-12)13-3-2-10-18(16,17)11-13/h12-14H,2-11H2,1H3. The van der Waals surface area contributed by atoms with Crippen molar-refractivity contribution in [1.29, 1.82) is 0 Å². The summed E-state index contributed by atoms with van der Waals surface area (Å²) in [6, 6.07) is 0.300. The van der Waals surface area contributed by atoms with E-state index >= 15 is 0 Å². The lowest BCUT2D eigenvalue weighted by atomic mass is 9.92. The van der Waals surface area contributed by atoms with Gasteiger partial charge in [-0.3, -0.25) is 4.90 Å². The van der Waals surface area contributed by atoms with E-state index in [0.29, 0.717) is 17.5 Å². The van der Waals surface area contributed by atoms with Crippen molar-refractivity contribution in [3.05, 3.63) is 0 Å². The zero-order chi connectivity index (χ0) is 13.0. The summed E-state index contributed by atoms with van der Waals surface area (Å²) in [5.41, 5.74) is 0. The Morgan fingerprint density at radius 3 is 2.56 bits per heavy atom. The summed E-state index contributed by atoms with van der Waals surface area (Å²) in [4.78, 5) is 2.42. The Labute approximate surface area is 111 Å². The van der Waals surface area contributed by atoms with Crippen molar-refractivity contribution < 1.29 is 8.42 Å². The Balaban J connectivity index is 1.79. The minimum atomic E-state index is -2.76. The fourth-order valence-corrected chi connectivity index (χ4v) is 4.98. The highest BCUT2D eigenvalue weighted by Gasteiger charge is 2.31. The SMILES string of the molecule is CNCCC1CCN(C2CCCS(=O)(=O)C2)CC1. The summed E-state index contributed by atoms with van der Waals surface area (Å²) in [6.45, 7) is 3.28. The van der Waals surface area contributed by atoms with Crippen molar-refractivity contribution in [3.63, 3.8) is 0 Å². The van der Waals surface area contributed by atoms with Gasteiger partial charge in [0.15, 0.2) is 9.84 Å². The number of likely N-dealkylation sites (tertiary alicyclic amines) is 1. The van der Waals surface area contributed by atoms with Crippen LogP contribution in [0.5, 0.6) is 0 Å². The lowest BCUT2D eigenvalue weighted by Gasteiger charge is -2.39. The first-order valence-corrected chi connectivity index (χ1v) is 9.02. The molecular weight excluding hydrogens is 248 g/mol. The Kier molecular flexibility index (Phi) is 5.04. The first-order chi connectivity index (χ1) is 8.61. The highest BCUT2D eigenvalue weighted by Crippen LogP contribution is 2.25. The molecule has 0 aromatic rings. The lowest BCUT2D eigenvalue weighted by molar-refractivity contribution is 0.131. The molecule has 1 N–H and O–H groups in total. The first-order valence-electron chi connectivity index (χ1n) is 7.20. The fourth-order valence-electron chi connectivity index (χ4n) is 3.24. The van der Waals surface area contributed by atoms with Crippen molar-refractivity contribution >= 4 is 9.84 Å². The zero-order valence-corrected chi connectivity index (χ0v) is 12.2. The summed E-state index contributed by atoms with van der Waals surface area (Å²) in [6.07, 6.45) is 5.65. The first kappa shape index (κ1) is 14.3. The third-order valence-electron chi connectivity index (χ3n) is 4.41. The molecule has 0 aromatic carbocycles. The molecule has 18 heavy (non-hydrogen) atoms. The van der Waals surface area contributed by atoms with Crippen LogP contribution in [0, 0.1) is 5.92 Å². The van der Waals surface area contributed by atoms with E-state index in [4.69, 9.17) is 0 Å². The molecule has 0 spiro atoms. The highest BCUT2D eigenvalue weighted by molar-refractivity contribution is 7.91. The van der Waals surface area contributed by atoms with Gasteiger partial charge in [0.05, 0.1) is 11.5 Å². The molecule has 0 aliphatic carbocycles. The molecule has 2 fully saturated rings. The minimum absolute atomic E-state index is 0.300. The molecule has 2 rings (SSSR count). The monoisotopic (exact) mass is 274 g/mol. The van der Waals surface area contributed by atoms with Crippen molar-refractivity contribution in [1.82, 2.24) is 10.2 Å². The maximum absolute atomic E-state index is 11.7. The largest absolute Gasteiger partial charge is 0.320 e. The summed E-state index contributed by atoms with van der Waals surface area (Å²) in [7, 11) is -0.759. The smallest absolute Gasteiger partial charge is 0.151 e. The Hall–Kier alpha value is -0.130. The number of hydrogen-bond acceptors (Lipinski definition) is 4. The Morgan fingerprint density at radius 2 is 1.94 bits per heavy atom. The molecule has 1 atom stereocenters. The molecule has 0 amide bonds. The van der Waals surface area contributed by atoms with Crippen LogP contribution >= 0.6 is 0 Å². The number of piperidine rings is 1. The van der Waals surface area contributed by atoms with Crippen molar-refractivity contribution in [2.45, 2.75) is 38.1 Å². The molecule has 0 saturated carbocycles. The van der Waals surface area contributed by atoms with Gasteiger partial charge >= 0.3 is 0 Å². The van der Waals surface area contributed by atoms with E-state index < -0.39 is 9.84 Å². The van der Waals surface area contributed by atoms with Crippen LogP contribution in [0.4, 0.5) is 0 Å². The number of sulfone groups is 1. The van der Waals surface area contributed by atoms with Crippen LogP contribution in [0.3, 0.4) is 0 Å². The maximum atomic E-state index is 11.7. The quantitative estimate of drug-likeness (QED) is 0.827. The number of nitrogens with one attached hydrogen (secondary N) is 1. The molecule has 2 aliphatic heterocycles. The van der Waals surface area contributed by atoms with E-state index in [-0.39, 0.29) is 0 Å². The van der Waals surface area contributed by atoms with Crippen LogP contribution in [-0.2, 0) is 9.84 Å². The molecule has 0 radical (unpaired) electrons.